The molecule has 0 aliphatic rings. The Morgan fingerprint density at radius 2 is 1.96 bits per heavy atom. The third-order valence-corrected chi connectivity index (χ3v) is 3.80. The van der Waals surface area contributed by atoms with Gasteiger partial charge in [-0.3, -0.25) is 4.79 Å². The molecule has 3 rings (SSSR count). The summed E-state index contributed by atoms with van der Waals surface area (Å²) in [7, 11) is 0. The van der Waals surface area contributed by atoms with Gasteiger partial charge >= 0.3 is 0 Å². The number of benzene rings is 1. The Morgan fingerprint density at radius 3 is 2.58 bits per heavy atom. The van der Waals surface area contributed by atoms with Crippen molar-refractivity contribution in [2.75, 3.05) is 0 Å². The third-order valence-electron chi connectivity index (χ3n) is 3.38. The minimum Gasteiger partial charge on any atom is -0.287 e. The number of hydrogen-bond donors (Lipinski definition) is 0. The van der Waals surface area contributed by atoms with E-state index >= 15 is 0 Å². The molecule has 0 saturated carbocycles. The van der Waals surface area contributed by atoms with Crippen LogP contribution in [0, 0.1) is 12.7 Å². The molecule has 124 valence electrons. The van der Waals surface area contributed by atoms with Gasteiger partial charge in [0.15, 0.2) is 10.8 Å². The Bertz CT molecular complexity index is 972. The van der Waals surface area contributed by atoms with Gasteiger partial charge in [0.1, 0.15) is 11.5 Å². The average Bonchev–Trinajstić information content (AvgIpc) is 2.81. The molecule has 0 atom stereocenters. The van der Waals surface area contributed by atoms with Crippen molar-refractivity contribution in [2.45, 2.75) is 13.3 Å². The van der Waals surface area contributed by atoms with Crippen molar-refractivity contribution in [3.63, 3.8) is 0 Å². The lowest BCUT2D eigenvalue weighted by atomic mass is 10.1. The zero-order chi connectivity index (χ0) is 17.6. The maximum Gasteiger partial charge on any atom is 0.267 e. The van der Waals surface area contributed by atoms with Crippen LogP contribution in [-0.4, -0.2) is 20.4 Å². The van der Waals surface area contributed by atoms with Crippen LogP contribution in [0.3, 0.4) is 0 Å². The maximum atomic E-state index is 14.0. The first-order chi connectivity index (χ1) is 11.3. The number of hydrogen-bond acceptors (Lipinski definition) is 3. The van der Waals surface area contributed by atoms with Crippen LogP contribution < -0.4 is 0 Å². The normalized spacial score (nSPS) is 11.5. The highest BCUT2D eigenvalue weighted by Crippen LogP contribution is 2.28. The van der Waals surface area contributed by atoms with Gasteiger partial charge in [-0.2, -0.15) is 5.10 Å². The number of imidazole rings is 1. The van der Waals surface area contributed by atoms with Crippen molar-refractivity contribution in [2.24, 2.45) is 0 Å². The molecule has 0 aliphatic heterocycles. The van der Waals surface area contributed by atoms with Gasteiger partial charge in [0, 0.05) is 5.02 Å². The average molecular weight is 374 g/mol. The van der Waals surface area contributed by atoms with Crippen LogP contribution in [0.25, 0.3) is 5.65 Å². The van der Waals surface area contributed by atoms with E-state index in [9.17, 15) is 18.0 Å². The molecule has 0 N–H and O–H groups in total. The van der Waals surface area contributed by atoms with Gasteiger partial charge in [-0.25, -0.2) is 22.7 Å². The molecule has 0 fully saturated rings. The predicted molar refractivity (Wildman–Crippen MR) is 82.5 cm³/mol. The molecule has 0 saturated heterocycles. The first-order valence-electron chi connectivity index (χ1n) is 6.63. The van der Waals surface area contributed by atoms with Crippen LogP contribution in [0.15, 0.2) is 24.3 Å². The summed E-state index contributed by atoms with van der Waals surface area (Å²) in [5.41, 5.74) is -0.954. The Labute approximate surface area is 143 Å². The fourth-order valence-corrected chi connectivity index (χ4v) is 2.69. The minimum absolute atomic E-state index is 0.125. The van der Waals surface area contributed by atoms with E-state index in [4.69, 9.17) is 23.2 Å². The number of rotatable bonds is 3. The molecule has 0 spiro atoms. The second-order valence-corrected chi connectivity index (χ2v) is 5.78. The monoisotopic (exact) mass is 373 g/mol. The highest BCUT2D eigenvalue weighted by Gasteiger charge is 2.25. The number of nitrogens with zero attached hydrogens (tertiary/aromatic N) is 3. The zero-order valence-electron chi connectivity index (χ0n) is 12.0. The molecule has 1 aromatic carbocycles. The fourth-order valence-electron chi connectivity index (χ4n) is 2.34. The molecule has 0 aliphatic carbocycles. The molecule has 0 bridgehead atoms. The molecule has 0 unspecified atom stereocenters. The van der Waals surface area contributed by atoms with Gasteiger partial charge in [0.05, 0.1) is 16.8 Å². The van der Waals surface area contributed by atoms with Crippen LogP contribution >= 0.6 is 23.2 Å². The van der Waals surface area contributed by atoms with Crippen LogP contribution in [0.2, 0.25) is 10.2 Å². The number of carbonyl (C=O) groups excluding carboxylic acids is 1. The first-order valence-corrected chi connectivity index (χ1v) is 7.39. The first kappa shape index (κ1) is 16.7. The molecular formula is C15H8Cl2F3N3O. The standard InChI is InChI=1S/C15H8Cl2F3N3O/c1-6-12(13(24)8-3-2-7(16)4-10(8)18)23-15(21-6)9(14(19)20)5-11(17)22-23/h2-5,14H,1H3. The van der Waals surface area contributed by atoms with E-state index in [-0.39, 0.29) is 32.8 Å². The number of alkyl halides is 2. The molecule has 3 aromatic rings. The SMILES string of the molecule is Cc1nc2c(C(F)F)cc(Cl)nn2c1C(=O)c1ccc(Cl)cc1F. The Hall–Kier alpha value is -2.12. The second kappa shape index (κ2) is 6.07. The number of fused-ring (bicyclic) bond motifs is 1. The Morgan fingerprint density at radius 1 is 1.25 bits per heavy atom. The fraction of sp³-hybridized carbons (Fsp3) is 0.133. The summed E-state index contributed by atoms with van der Waals surface area (Å²) in [6.45, 7) is 1.44. The van der Waals surface area contributed by atoms with Crippen molar-refractivity contribution in [1.82, 2.24) is 14.6 Å². The summed E-state index contributed by atoms with van der Waals surface area (Å²) < 4.78 is 41.2. The van der Waals surface area contributed by atoms with Gasteiger partial charge in [-0.15, -0.1) is 0 Å². The van der Waals surface area contributed by atoms with Gasteiger partial charge < -0.3 is 0 Å². The summed E-state index contributed by atoms with van der Waals surface area (Å²) in [4.78, 5) is 16.6. The molecule has 0 amide bonds. The summed E-state index contributed by atoms with van der Waals surface area (Å²) in [6, 6.07) is 4.52. The summed E-state index contributed by atoms with van der Waals surface area (Å²) in [5.74, 6) is -1.60. The summed E-state index contributed by atoms with van der Waals surface area (Å²) in [6.07, 6.45) is -2.86. The van der Waals surface area contributed by atoms with Gasteiger partial charge in [0.25, 0.3) is 6.43 Å². The van der Waals surface area contributed by atoms with Crippen LogP contribution in [0.5, 0.6) is 0 Å². The smallest absolute Gasteiger partial charge is 0.267 e. The molecule has 9 heteroatoms. The Balaban J connectivity index is 2.26. The van der Waals surface area contributed by atoms with Crippen LogP contribution in [-0.2, 0) is 0 Å². The van der Waals surface area contributed by atoms with Gasteiger partial charge in [-0.1, -0.05) is 23.2 Å². The van der Waals surface area contributed by atoms with Crippen molar-refractivity contribution in [3.05, 3.63) is 62.8 Å². The molecule has 4 nitrogen and oxygen atoms in total. The van der Waals surface area contributed by atoms with E-state index < -0.39 is 23.6 Å². The Kier molecular flexibility index (Phi) is 4.23. The molecule has 24 heavy (non-hydrogen) atoms. The number of halogens is 5. The second-order valence-electron chi connectivity index (χ2n) is 4.96. The summed E-state index contributed by atoms with van der Waals surface area (Å²) in [5, 5.41) is 3.74. The van der Waals surface area contributed by atoms with E-state index in [2.05, 4.69) is 10.1 Å². The van der Waals surface area contributed by atoms with Crippen molar-refractivity contribution in [1.29, 1.82) is 0 Å². The van der Waals surface area contributed by atoms with E-state index in [1.54, 1.807) is 0 Å². The number of carbonyl (C=O) groups is 1. The highest BCUT2D eigenvalue weighted by atomic mass is 35.5. The third kappa shape index (κ3) is 2.74. The predicted octanol–water partition coefficient (Wildman–Crippen LogP) is 4.65. The number of aromatic nitrogens is 3. The van der Waals surface area contributed by atoms with Crippen molar-refractivity contribution < 1.29 is 18.0 Å². The summed E-state index contributed by atoms with van der Waals surface area (Å²) >= 11 is 11.4. The lowest BCUT2D eigenvalue weighted by Gasteiger charge is -2.06. The topological polar surface area (TPSA) is 47.3 Å². The zero-order valence-corrected chi connectivity index (χ0v) is 13.5. The van der Waals surface area contributed by atoms with E-state index in [0.29, 0.717) is 0 Å². The van der Waals surface area contributed by atoms with Gasteiger partial charge in [0.2, 0.25) is 5.78 Å². The highest BCUT2D eigenvalue weighted by molar-refractivity contribution is 6.30. The lowest BCUT2D eigenvalue weighted by molar-refractivity contribution is 0.102. The molecular weight excluding hydrogens is 366 g/mol. The minimum atomic E-state index is -2.86. The molecule has 2 aromatic heterocycles. The number of ketones is 1. The van der Waals surface area contributed by atoms with Gasteiger partial charge in [-0.05, 0) is 31.2 Å². The van der Waals surface area contributed by atoms with Crippen molar-refractivity contribution >= 4 is 34.6 Å². The largest absolute Gasteiger partial charge is 0.287 e. The quantitative estimate of drug-likeness (QED) is 0.627. The maximum absolute atomic E-state index is 14.0. The van der Waals surface area contributed by atoms with Crippen molar-refractivity contribution in [3.8, 4) is 0 Å². The van der Waals surface area contributed by atoms with E-state index in [0.717, 1.165) is 16.6 Å². The molecule has 2 heterocycles. The van der Waals surface area contributed by atoms with Crippen LogP contribution in [0.4, 0.5) is 13.2 Å². The van der Waals surface area contributed by atoms with E-state index in [1.165, 1.54) is 19.1 Å². The van der Waals surface area contributed by atoms with Crippen LogP contribution in [0.1, 0.15) is 33.7 Å². The lowest BCUT2D eigenvalue weighted by Crippen LogP contribution is -2.11. The van der Waals surface area contributed by atoms with E-state index in [1.807, 2.05) is 0 Å². The number of aryl methyl sites for hydroxylation is 1. The molecule has 0 radical (unpaired) electrons.